The third kappa shape index (κ3) is 6.63. The fraction of sp³-hybridized carbons (Fsp3) is 0.321. The van der Waals surface area contributed by atoms with Crippen molar-refractivity contribution in [2.75, 3.05) is 17.8 Å². The zero-order valence-corrected chi connectivity index (χ0v) is 21.6. The standard InChI is InChI=1S/C28H31FN2O4S/c1-28(2,3)35-27(32)31-16-14-22-8-11-25(19-23(22)15-17-31)30-36(33,34)26-12-6-21(7-13-26)18-20-4-9-24(29)10-5-20/h4-13,19,30H,14-18H2,1-3H3. The van der Waals surface area contributed by atoms with E-state index in [9.17, 15) is 17.6 Å². The highest BCUT2D eigenvalue weighted by molar-refractivity contribution is 7.92. The largest absolute Gasteiger partial charge is 0.444 e. The summed E-state index contributed by atoms with van der Waals surface area (Å²) in [5, 5.41) is 0. The second kappa shape index (κ2) is 10.3. The van der Waals surface area contributed by atoms with Crippen LogP contribution in [0.25, 0.3) is 0 Å². The number of carbonyl (C=O) groups excluding carboxylic acids is 1. The van der Waals surface area contributed by atoms with Crippen LogP contribution in [0.1, 0.15) is 43.0 Å². The number of sulfonamides is 1. The van der Waals surface area contributed by atoms with Crippen LogP contribution in [-0.2, 0) is 34.0 Å². The van der Waals surface area contributed by atoms with E-state index in [1.165, 1.54) is 12.1 Å². The molecule has 0 radical (unpaired) electrons. The van der Waals surface area contributed by atoms with E-state index in [1.54, 1.807) is 47.4 Å². The van der Waals surface area contributed by atoms with Gasteiger partial charge in [-0.1, -0.05) is 30.3 Å². The Labute approximate surface area is 212 Å². The summed E-state index contributed by atoms with van der Waals surface area (Å²) in [6.07, 6.45) is 1.54. The van der Waals surface area contributed by atoms with Crippen molar-refractivity contribution in [2.24, 2.45) is 0 Å². The van der Waals surface area contributed by atoms with Crippen molar-refractivity contribution < 1.29 is 22.3 Å². The molecule has 0 aromatic heterocycles. The average molecular weight is 511 g/mol. The lowest BCUT2D eigenvalue weighted by atomic mass is 10.0. The van der Waals surface area contributed by atoms with Crippen LogP contribution in [0, 0.1) is 5.82 Å². The number of benzene rings is 3. The monoisotopic (exact) mass is 510 g/mol. The van der Waals surface area contributed by atoms with Crippen LogP contribution in [0.15, 0.2) is 71.6 Å². The highest BCUT2D eigenvalue weighted by atomic mass is 32.2. The molecule has 190 valence electrons. The molecule has 1 N–H and O–H groups in total. The second-order valence-electron chi connectivity index (χ2n) is 10.0. The number of ether oxygens (including phenoxy) is 1. The molecule has 0 aliphatic carbocycles. The summed E-state index contributed by atoms with van der Waals surface area (Å²) in [7, 11) is -3.77. The van der Waals surface area contributed by atoms with E-state index in [2.05, 4.69) is 4.72 Å². The zero-order chi connectivity index (χ0) is 25.9. The molecule has 3 aromatic rings. The van der Waals surface area contributed by atoms with E-state index in [-0.39, 0.29) is 16.8 Å². The van der Waals surface area contributed by atoms with Crippen LogP contribution in [0.5, 0.6) is 0 Å². The van der Waals surface area contributed by atoms with Gasteiger partial charge in [-0.25, -0.2) is 17.6 Å². The van der Waals surface area contributed by atoms with Gasteiger partial charge in [0, 0.05) is 18.8 Å². The minimum atomic E-state index is -3.77. The molecule has 0 fully saturated rings. The molecule has 6 nitrogen and oxygen atoms in total. The van der Waals surface area contributed by atoms with Gasteiger partial charge in [0.05, 0.1) is 4.90 Å². The first-order valence-corrected chi connectivity index (χ1v) is 13.4. The summed E-state index contributed by atoms with van der Waals surface area (Å²) in [6.45, 7) is 6.59. The molecular weight excluding hydrogens is 479 g/mol. The van der Waals surface area contributed by atoms with Gasteiger partial charge in [0.25, 0.3) is 10.0 Å². The zero-order valence-electron chi connectivity index (χ0n) is 20.8. The van der Waals surface area contributed by atoms with E-state index < -0.39 is 15.6 Å². The predicted octanol–water partition coefficient (Wildman–Crippen LogP) is 5.55. The van der Waals surface area contributed by atoms with Crippen molar-refractivity contribution >= 4 is 21.8 Å². The Hall–Kier alpha value is -3.39. The van der Waals surface area contributed by atoms with Gasteiger partial charge in [0.15, 0.2) is 0 Å². The first-order valence-electron chi connectivity index (χ1n) is 11.9. The smallest absolute Gasteiger partial charge is 0.410 e. The first kappa shape index (κ1) is 25.7. The summed E-state index contributed by atoms with van der Waals surface area (Å²) in [5.74, 6) is -0.288. The molecule has 1 aliphatic heterocycles. The number of nitrogens with zero attached hydrogens (tertiary/aromatic N) is 1. The third-order valence-corrected chi connectivity index (χ3v) is 7.36. The number of fused-ring (bicyclic) bond motifs is 1. The number of hydrogen-bond donors (Lipinski definition) is 1. The number of anilines is 1. The molecule has 0 spiro atoms. The van der Waals surface area contributed by atoms with Crippen molar-refractivity contribution in [2.45, 2.75) is 50.5 Å². The van der Waals surface area contributed by atoms with Crippen LogP contribution in [0.4, 0.5) is 14.9 Å². The van der Waals surface area contributed by atoms with Crippen LogP contribution >= 0.6 is 0 Å². The van der Waals surface area contributed by atoms with Crippen LogP contribution in [-0.4, -0.2) is 38.1 Å². The number of hydrogen-bond acceptors (Lipinski definition) is 4. The van der Waals surface area contributed by atoms with E-state index in [1.807, 2.05) is 32.9 Å². The minimum Gasteiger partial charge on any atom is -0.444 e. The lowest BCUT2D eigenvalue weighted by molar-refractivity contribution is 0.0258. The van der Waals surface area contributed by atoms with Gasteiger partial charge >= 0.3 is 6.09 Å². The molecule has 0 atom stereocenters. The number of rotatable bonds is 5. The molecule has 1 heterocycles. The lowest BCUT2D eigenvalue weighted by Gasteiger charge is -2.26. The molecule has 1 amide bonds. The highest BCUT2D eigenvalue weighted by Crippen LogP contribution is 2.24. The Balaban J connectivity index is 1.42. The molecule has 8 heteroatoms. The second-order valence-corrected chi connectivity index (χ2v) is 11.7. The number of amides is 1. The fourth-order valence-corrected chi connectivity index (χ4v) is 5.19. The van der Waals surface area contributed by atoms with Crippen molar-refractivity contribution in [3.63, 3.8) is 0 Å². The normalized spacial score (nSPS) is 14.1. The fourth-order valence-electron chi connectivity index (χ4n) is 4.14. The van der Waals surface area contributed by atoms with Gasteiger partial charge in [-0.3, -0.25) is 4.72 Å². The Morgan fingerprint density at radius 3 is 2.11 bits per heavy atom. The summed E-state index contributed by atoms with van der Waals surface area (Å²) < 4.78 is 47.3. The Kier molecular flexibility index (Phi) is 7.36. The van der Waals surface area contributed by atoms with Crippen LogP contribution in [0.3, 0.4) is 0 Å². The van der Waals surface area contributed by atoms with Crippen molar-refractivity contribution in [1.82, 2.24) is 4.90 Å². The summed E-state index contributed by atoms with van der Waals surface area (Å²) >= 11 is 0. The van der Waals surface area contributed by atoms with Crippen molar-refractivity contribution in [1.29, 1.82) is 0 Å². The van der Waals surface area contributed by atoms with E-state index in [0.717, 1.165) is 22.3 Å². The Bertz CT molecular complexity index is 1330. The lowest BCUT2D eigenvalue weighted by Crippen LogP contribution is -2.38. The number of carbonyl (C=O) groups is 1. The van der Waals surface area contributed by atoms with Crippen molar-refractivity contribution in [3.05, 3.63) is 94.8 Å². The molecule has 0 unspecified atom stereocenters. The SMILES string of the molecule is CC(C)(C)OC(=O)N1CCc2ccc(NS(=O)(=O)c3ccc(Cc4ccc(F)cc4)cc3)cc2CC1. The minimum absolute atomic E-state index is 0.163. The maximum absolute atomic E-state index is 13.1. The molecule has 3 aromatic carbocycles. The van der Waals surface area contributed by atoms with Gasteiger partial charge in [-0.2, -0.15) is 0 Å². The summed E-state index contributed by atoms with van der Waals surface area (Å²) in [4.78, 5) is 14.3. The Morgan fingerprint density at radius 1 is 0.917 bits per heavy atom. The number of halogens is 1. The molecule has 36 heavy (non-hydrogen) atoms. The molecule has 4 rings (SSSR count). The number of nitrogens with one attached hydrogen (secondary N) is 1. The highest BCUT2D eigenvalue weighted by Gasteiger charge is 2.24. The van der Waals surface area contributed by atoms with E-state index in [0.29, 0.717) is 38.0 Å². The molecular formula is C28H31FN2O4S. The van der Waals surface area contributed by atoms with Crippen LogP contribution < -0.4 is 4.72 Å². The van der Waals surface area contributed by atoms with Gasteiger partial charge in [0.1, 0.15) is 11.4 Å². The Morgan fingerprint density at radius 2 is 1.50 bits per heavy atom. The molecule has 0 saturated heterocycles. The topological polar surface area (TPSA) is 75.7 Å². The summed E-state index contributed by atoms with van der Waals surface area (Å²) in [5.41, 5.74) is 3.90. The van der Waals surface area contributed by atoms with Gasteiger partial charge in [-0.05, 0) is 98.7 Å². The van der Waals surface area contributed by atoms with E-state index in [4.69, 9.17) is 4.74 Å². The van der Waals surface area contributed by atoms with E-state index >= 15 is 0 Å². The maximum Gasteiger partial charge on any atom is 0.410 e. The van der Waals surface area contributed by atoms with Crippen molar-refractivity contribution in [3.8, 4) is 0 Å². The van der Waals surface area contributed by atoms with Gasteiger partial charge in [0.2, 0.25) is 0 Å². The maximum atomic E-state index is 13.1. The van der Waals surface area contributed by atoms with Gasteiger partial charge < -0.3 is 9.64 Å². The van der Waals surface area contributed by atoms with Crippen LogP contribution in [0.2, 0.25) is 0 Å². The average Bonchev–Trinajstić information content (AvgIpc) is 3.02. The quantitative estimate of drug-likeness (QED) is 0.488. The first-order chi connectivity index (χ1) is 17.0. The predicted molar refractivity (Wildman–Crippen MR) is 138 cm³/mol. The summed E-state index contributed by atoms with van der Waals surface area (Å²) in [6, 6.07) is 18.4. The third-order valence-electron chi connectivity index (χ3n) is 5.97. The molecule has 0 bridgehead atoms. The van der Waals surface area contributed by atoms with Gasteiger partial charge in [-0.15, -0.1) is 0 Å². The molecule has 1 aliphatic rings. The molecule has 0 saturated carbocycles.